The lowest BCUT2D eigenvalue weighted by Crippen LogP contribution is -1.99. The van der Waals surface area contributed by atoms with Gasteiger partial charge in [0.2, 0.25) is 0 Å². The highest BCUT2D eigenvalue weighted by Gasteiger charge is 2.05. The molecular formula is C13H12O3. The van der Waals surface area contributed by atoms with Gasteiger partial charge in [0.15, 0.2) is 0 Å². The van der Waals surface area contributed by atoms with E-state index < -0.39 is 5.97 Å². The first-order chi connectivity index (χ1) is 7.65. The summed E-state index contributed by atoms with van der Waals surface area (Å²) in [5, 5.41) is 8.71. The van der Waals surface area contributed by atoms with E-state index in [2.05, 4.69) is 0 Å². The standard InChI is InChI=1S/C13H12O3/c1-9-5-6-12(16-9)11-4-2-3-10(7-11)8-13(14)15/h2-7H,8H2,1H3,(H,14,15). The van der Waals surface area contributed by atoms with E-state index in [1.807, 2.05) is 37.3 Å². The molecule has 3 nitrogen and oxygen atoms in total. The lowest BCUT2D eigenvalue weighted by Gasteiger charge is -2.00. The molecule has 1 heterocycles. The third-order valence-corrected chi connectivity index (χ3v) is 2.31. The normalized spacial score (nSPS) is 10.3. The maximum absolute atomic E-state index is 10.6. The molecule has 3 heteroatoms. The fourth-order valence-electron chi connectivity index (χ4n) is 1.60. The quantitative estimate of drug-likeness (QED) is 0.858. The largest absolute Gasteiger partial charge is 0.481 e. The molecular weight excluding hydrogens is 204 g/mol. The highest BCUT2D eigenvalue weighted by atomic mass is 16.4. The molecule has 0 amide bonds. The van der Waals surface area contributed by atoms with E-state index in [4.69, 9.17) is 9.52 Å². The first-order valence-corrected chi connectivity index (χ1v) is 5.03. The minimum atomic E-state index is -0.826. The summed E-state index contributed by atoms with van der Waals surface area (Å²) in [6, 6.07) is 11.2. The molecule has 2 aromatic rings. The second-order valence-corrected chi connectivity index (χ2v) is 3.68. The van der Waals surface area contributed by atoms with E-state index in [9.17, 15) is 4.79 Å². The van der Waals surface area contributed by atoms with Gasteiger partial charge in [0.1, 0.15) is 11.5 Å². The van der Waals surface area contributed by atoms with Crippen molar-refractivity contribution < 1.29 is 14.3 Å². The van der Waals surface area contributed by atoms with Gasteiger partial charge in [-0.2, -0.15) is 0 Å². The summed E-state index contributed by atoms with van der Waals surface area (Å²) in [6.45, 7) is 1.88. The Hall–Kier alpha value is -2.03. The molecule has 0 fully saturated rings. The number of hydrogen-bond acceptors (Lipinski definition) is 2. The molecule has 0 aliphatic carbocycles. The van der Waals surface area contributed by atoms with Crippen LogP contribution in [0.4, 0.5) is 0 Å². The van der Waals surface area contributed by atoms with Gasteiger partial charge < -0.3 is 9.52 Å². The zero-order valence-corrected chi connectivity index (χ0v) is 8.93. The molecule has 0 aliphatic heterocycles. The summed E-state index contributed by atoms with van der Waals surface area (Å²) >= 11 is 0. The highest BCUT2D eigenvalue weighted by Crippen LogP contribution is 2.22. The number of hydrogen-bond donors (Lipinski definition) is 1. The van der Waals surface area contributed by atoms with Crippen LogP contribution in [0.2, 0.25) is 0 Å². The van der Waals surface area contributed by atoms with Crippen LogP contribution in [0.25, 0.3) is 11.3 Å². The van der Waals surface area contributed by atoms with Gasteiger partial charge in [0, 0.05) is 5.56 Å². The Kier molecular flexibility index (Phi) is 2.77. The molecule has 0 unspecified atom stereocenters. The zero-order chi connectivity index (χ0) is 11.5. The van der Waals surface area contributed by atoms with Crippen LogP contribution in [-0.2, 0) is 11.2 Å². The van der Waals surface area contributed by atoms with Crippen LogP contribution >= 0.6 is 0 Å². The second-order valence-electron chi connectivity index (χ2n) is 3.68. The highest BCUT2D eigenvalue weighted by molar-refractivity contribution is 5.71. The minimum absolute atomic E-state index is 0.0352. The van der Waals surface area contributed by atoms with Crippen LogP contribution < -0.4 is 0 Å². The van der Waals surface area contributed by atoms with Gasteiger partial charge in [-0.3, -0.25) is 4.79 Å². The molecule has 0 aliphatic rings. The van der Waals surface area contributed by atoms with Crippen LogP contribution in [0.5, 0.6) is 0 Å². The Morgan fingerprint density at radius 2 is 2.12 bits per heavy atom. The molecule has 2 rings (SSSR count). The summed E-state index contributed by atoms with van der Waals surface area (Å²) in [5.74, 6) is 0.788. The maximum Gasteiger partial charge on any atom is 0.307 e. The smallest absolute Gasteiger partial charge is 0.307 e. The van der Waals surface area contributed by atoms with Crippen molar-refractivity contribution >= 4 is 5.97 Å². The van der Waals surface area contributed by atoms with Crippen molar-refractivity contribution in [2.45, 2.75) is 13.3 Å². The number of furan rings is 1. The van der Waals surface area contributed by atoms with Crippen molar-refractivity contribution in [2.24, 2.45) is 0 Å². The number of carbonyl (C=O) groups is 1. The predicted octanol–water partition coefficient (Wildman–Crippen LogP) is 2.88. The number of aryl methyl sites for hydroxylation is 1. The Bertz CT molecular complexity index is 511. The lowest BCUT2D eigenvalue weighted by molar-refractivity contribution is -0.136. The third kappa shape index (κ3) is 2.31. The molecule has 1 aromatic carbocycles. The Labute approximate surface area is 93.3 Å². The van der Waals surface area contributed by atoms with Crippen LogP contribution in [0.15, 0.2) is 40.8 Å². The van der Waals surface area contributed by atoms with E-state index in [1.165, 1.54) is 0 Å². The number of rotatable bonds is 3. The summed E-state index contributed by atoms with van der Waals surface area (Å²) in [7, 11) is 0. The molecule has 0 saturated heterocycles. The summed E-state index contributed by atoms with van der Waals surface area (Å²) in [4.78, 5) is 10.6. The third-order valence-electron chi connectivity index (χ3n) is 2.31. The van der Waals surface area contributed by atoms with E-state index >= 15 is 0 Å². The predicted molar refractivity (Wildman–Crippen MR) is 60.2 cm³/mol. The molecule has 0 saturated carbocycles. The fourth-order valence-corrected chi connectivity index (χ4v) is 1.60. The van der Waals surface area contributed by atoms with Gasteiger partial charge in [-0.15, -0.1) is 0 Å². The average molecular weight is 216 g/mol. The maximum atomic E-state index is 10.6. The van der Waals surface area contributed by atoms with Crippen molar-refractivity contribution in [1.29, 1.82) is 0 Å². The minimum Gasteiger partial charge on any atom is -0.481 e. The summed E-state index contributed by atoms with van der Waals surface area (Å²) in [6.07, 6.45) is 0.0352. The first kappa shape index (κ1) is 10.5. The molecule has 82 valence electrons. The number of carboxylic acids is 1. The molecule has 0 atom stereocenters. The SMILES string of the molecule is Cc1ccc(-c2cccc(CC(=O)O)c2)o1. The Morgan fingerprint density at radius 3 is 2.75 bits per heavy atom. The summed E-state index contributed by atoms with van der Waals surface area (Å²) < 4.78 is 5.48. The molecule has 0 radical (unpaired) electrons. The molecule has 1 aromatic heterocycles. The zero-order valence-electron chi connectivity index (χ0n) is 8.93. The molecule has 0 spiro atoms. The number of benzene rings is 1. The number of aliphatic carboxylic acids is 1. The van der Waals surface area contributed by atoms with E-state index in [-0.39, 0.29) is 6.42 Å². The topological polar surface area (TPSA) is 50.4 Å². The van der Waals surface area contributed by atoms with Crippen LogP contribution in [-0.4, -0.2) is 11.1 Å². The van der Waals surface area contributed by atoms with Crippen LogP contribution in [0.1, 0.15) is 11.3 Å². The van der Waals surface area contributed by atoms with Gasteiger partial charge in [-0.1, -0.05) is 18.2 Å². The molecule has 16 heavy (non-hydrogen) atoms. The number of carboxylic acid groups (broad SMARTS) is 1. The summed E-state index contributed by atoms with van der Waals surface area (Å²) in [5.41, 5.74) is 1.69. The second kappa shape index (κ2) is 4.23. The van der Waals surface area contributed by atoms with Crippen molar-refractivity contribution in [3.05, 3.63) is 47.7 Å². The Morgan fingerprint density at radius 1 is 1.31 bits per heavy atom. The average Bonchev–Trinajstić information content (AvgIpc) is 2.64. The van der Waals surface area contributed by atoms with Gasteiger partial charge in [-0.25, -0.2) is 0 Å². The van der Waals surface area contributed by atoms with Crippen molar-refractivity contribution in [2.75, 3.05) is 0 Å². The van der Waals surface area contributed by atoms with Crippen molar-refractivity contribution in [3.8, 4) is 11.3 Å². The lowest BCUT2D eigenvalue weighted by atomic mass is 10.1. The van der Waals surface area contributed by atoms with Crippen molar-refractivity contribution in [3.63, 3.8) is 0 Å². The van der Waals surface area contributed by atoms with Gasteiger partial charge in [0.25, 0.3) is 0 Å². The van der Waals surface area contributed by atoms with Crippen LogP contribution in [0, 0.1) is 6.92 Å². The van der Waals surface area contributed by atoms with Gasteiger partial charge in [0.05, 0.1) is 6.42 Å². The van der Waals surface area contributed by atoms with Crippen LogP contribution in [0.3, 0.4) is 0 Å². The van der Waals surface area contributed by atoms with Gasteiger partial charge in [-0.05, 0) is 30.7 Å². The molecule has 1 N–H and O–H groups in total. The first-order valence-electron chi connectivity index (χ1n) is 5.03. The fraction of sp³-hybridized carbons (Fsp3) is 0.154. The Balaban J connectivity index is 2.32. The van der Waals surface area contributed by atoms with E-state index in [0.29, 0.717) is 0 Å². The van der Waals surface area contributed by atoms with Gasteiger partial charge >= 0.3 is 5.97 Å². The van der Waals surface area contributed by atoms with Crippen molar-refractivity contribution in [1.82, 2.24) is 0 Å². The molecule has 0 bridgehead atoms. The van der Waals surface area contributed by atoms with E-state index in [1.54, 1.807) is 6.07 Å². The monoisotopic (exact) mass is 216 g/mol. The van der Waals surface area contributed by atoms with E-state index in [0.717, 1.165) is 22.6 Å².